The number of hydrogen-bond acceptors (Lipinski definition) is 6. The molecular formula is C22H27NO6. The molecule has 0 spiro atoms. The second kappa shape index (κ2) is 10.4. The smallest absolute Gasteiger partial charge is 0.226 e. The number of Topliss-reactive ketones (excluding diaryl/α,β-unsaturated/α-hetero) is 1. The van der Waals surface area contributed by atoms with Gasteiger partial charge in [-0.15, -0.1) is 0 Å². The van der Waals surface area contributed by atoms with Crippen LogP contribution in [-0.2, 0) is 4.79 Å². The zero-order valence-electron chi connectivity index (χ0n) is 17.5. The van der Waals surface area contributed by atoms with E-state index < -0.39 is 0 Å². The van der Waals surface area contributed by atoms with Gasteiger partial charge in [0.15, 0.2) is 28.8 Å². The molecule has 0 saturated carbocycles. The standard InChI is InChI=1S/C22H27NO6/c1-15(24)16-8-10-19(20(13-16)27-4)29-12-6-7-22(25)23(2)17-9-11-18(26-3)21(14-17)28-5/h8-11,13-14H,6-7,12H2,1-5H3. The van der Waals surface area contributed by atoms with Crippen molar-refractivity contribution in [1.82, 2.24) is 0 Å². The molecule has 0 aromatic heterocycles. The van der Waals surface area contributed by atoms with Crippen molar-refractivity contribution in [3.05, 3.63) is 42.0 Å². The number of anilines is 1. The highest BCUT2D eigenvalue weighted by Crippen LogP contribution is 2.31. The van der Waals surface area contributed by atoms with Gasteiger partial charge in [0.05, 0.1) is 27.9 Å². The summed E-state index contributed by atoms with van der Waals surface area (Å²) in [5, 5.41) is 0. The Kier molecular flexibility index (Phi) is 7.88. The van der Waals surface area contributed by atoms with E-state index in [2.05, 4.69) is 0 Å². The molecule has 2 rings (SSSR count). The van der Waals surface area contributed by atoms with Crippen molar-refractivity contribution in [2.75, 3.05) is 39.9 Å². The number of carbonyl (C=O) groups excluding carboxylic acids is 2. The fourth-order valence-electron chi connectivity index (χ4n) is 2.76. The summed E-state index contributed by atoms with van der Waals surface area (Å²) < 4.78 is 21.5. The lowest BCUT2D eigenvalue weighted by Crippen LogP contribution is -2.26. The molecule has 0 bridgehead atoms. The maximum atomic E-state index is 12.5. The Morgan fingerprint density at radius 1 is 0.862 bits per heavy atom. The second-order valence-electron chi connectivity index (χ2n) is 6.37. The van der Waals surface area contributed by atoms with Gasteiger partial charge in [-0.1, -0.05) is 0 Å². The van der Waals surface area contributed by atoms with Gasteiger partial charge >= 0.3 is 0 Å². The first kappa shape index (κ1) is 22.1. The van der Waals surface area contributed by atoms with Crippen LogP contribution in [0.15, 0.2) is 36.4 Å². The van der Waals surface area contributed by atoms with Crippen molar-refractivity contribution in [3.63, 3.8) is 0 Å². The first-order chi connectivity index (χ1) is 13.9. The summed E-state index contributed by atoms with van der Waals surface area (Å²) in [6.45, 7) is 1.84. The third-order valence-electron chi connectivity index (χ3n) is 4.49. The Balaban J connectivity index is 1.91. The molecule has 7 heteroatoms. The molecular weight excluding hydrogens is 374 g/mol. The van der Waals surface area contributed by atoms with Crippen molar-refractivity contribution in [2.24, 2.45) is 0 Å². The van der Waals surface area contributed by atoms with Crippen LogP contribution in [0.5, 0.6) is 23.0 Å². The van der Waals surface area contributed by atoms with Gasteiger partial charge in [0, 0.05) is 30.8 Å². The number of rotatable bonds is 10. The molecule has 2 aromatic rings. The number of ether oxygens (including phenoxy) is 4. The van der Waals surface area contributed by atoms with E-state index in [-0.39, 0.29) is 11.7 Å². The number of carbonyl (C=O) groups is 2. The summed E-state index contributed by atoms with van der Waals surface area (Å²) in [5.74, 6) is 2.12. The van der Waals surface area contributed by atoms with E-state index >= 15 is 0 Å². The number of hydrogen-bond donors (Lipinski definition) is 0. The molecule has 0 unspecified atom stereocenters. The molecule has 7 nitrogen and oxygen atoms in total. The summed E-state index contributed by atoms with van der Waals surface area (Å²) in [6, 6.07) is 10.4. The molecule has 29 heavy (non-hydrogen) atoms. The average Bonchev–Trinajstić information content (AvgIpc) is 2.75. The molecule has 0 fully saturated rings. The van der Waals surface area contributed by atoms with Crippen LogP contribution in [-0.4, -0.2) is 46.7 Å². The van der Waals surface area contributed by atoms with E-state index in [1.807, 2.05) is 0 Å². The van der Waals surface area contributed by atoms with Crippen LogP contribution in [0, 0.1) is 0 Å². The van der Waals surface area contributed by atoms with E-state index in [1.165, 1.54) is 14.0 Å². The summed E-state index contributed by atoms with van der Waals surface area (Å²) >= 11 is 0. The van der Waals surface area contributed by atoms with E-state index in [0.717, 1.165) is 5.69 Å². The Labute approximate surface area is 171 Å². The van der Waals surface area contributed by atoms with Gasteiger partial charge in [-0.05, 0) is 43.7 Å². The number of ketones is 1. The molecule has 0 aliphatic heterocycles. The molecule has 0 radical (unpaired) electrons. The quantitative estimate of drug-likeness (QED) is 0.446. The fourth-order valence-corrected chi connectivity index (χ4v) is 2.76. The minimum absolute atomic E-state index is 0.0419. The summed E-state index contributed by atoms with van der Waals surface area (Å²) in [4.78, 5) is 25.5. The van der Waals surface area contributed by atoms with E-state index in [4.69, 9.17) is 18.9 Å². The molecule has 1 amide bonds. The number of benzene rings is 2. The Morgan fingerprint density at radius 2 is 1.48 bits per heavy atom. The predicted octanol–water partition coefficient (Wildman–Crippen LogP) is 3.74. The van der Waals surface area contributed by atoms with Crippen LogP contribution < -0.4 is 23.8 Å². The lowest BCUT2D eigenvalue weighted by Gasteiger charge is -2.19. The van der Waals surface area contributed by atoms with Gasteiger partial charge in [0.25, 0.3) is 0 Å². The van der Waals surface area contributed by atoms with Crippen molar-refractivity contribution in [1.29, 1.82) is 0 Å². The zero-order valence-corrected chi connectivity index (χ0v) is 17.5. The maximum Gasteiger partial charge on any atom is 0.226 e. The predicted molar refractivity (Wildman–Crippen MR) is 111 cm³/mol. The molecule has 0 atom stereocenters. The SMILES string of the molecule is COc1ccc(N(C)C(=O)CCCOc2ccc(C(C)=O)cc2OC)cc1OC. The minimum Gasteiger partial charge on any atom is -0.493 e. The first-order valence-electron chi connectivity index (χ1n) is 9.21. The lowest BCUT2D eigenvalue weighted by molar-refractivity contribution is -0.118. The topological polar surface area (TPSA) is 74.3 Å². The van der Waals surface area contributed by atoms with Crippen LogP contribution >= 0.6 is 0 Å². The highest BCUT2D eigenvalue weighted by atomic mass is 16.5. The normalized spacial score (nSPS) is 10.2. The molecule has 0 heterocycles. The van der Waals surface area contributed by atoms with Crippen molar-refractivity contribution in [2.45, 2.75) is 19.8 Å². The third kappa shape index (κ3) is 5.63. The lowest BCUT2D eigenvalue weighted by atomic mass is 10.1. The van der Waals surface area contributed by atoms with Crippen LogP contribution in [0.1, 0.15) is 30.1 Å². The average molecular weight is 401 g/mol. The Morgan fingerprint density at radius 3 is 2.10 bits per heavy atom. The van der Waals surface area contributed by atoms with E-state index in [9.17, 15) is 9.59 Å². The summed E-state index contributed by atoms with van der Waals surface area (Å²) in [6.07, 6.45) is 0.854. The van der Waals surface area contributed by atoms with Gasteiger partial charge in [0.1, 0.15) is 0 Å². The van der Waals surface area contributed by atoms with Gasteiger partial charge in [-0.3, -0.25) is 9.59 Å². The molecule has 2 aromatic carbocycles. The molecule has 156 valence electrons. The van der Waals surface area contributed by atoms with Crippen LogP contribution in [0.25, 0.3) is 0 Å². The van der Waals surface area contributed by atoms with Crippen LogP contribution in [0.4, 0.5) is 5.69 Å². The fraction of sp³-hybridized carbons (Fsp3) is 0.364. The van der Waals surface area contributed by atoms with E-state index in [0.29, 0.717) is 48.0 Å². The first-order valence-corrected chi connectivity index (χ1v) is 9.21. The molecule has 0 aliphatic rings. The Hall–Kier alpha value is -3.22. The van der Waals surface area contributed by atoms with Crippen molar-refractivity contribution in [3.8, 4) is 23.0 Å². The third-order valence-corrected chi connectivity index (χ3v) is 4.49. The van der Waals surface area contributed by atoms with Gasteiger partial charge in [0.2, 0.25) is 5.91 Å². The van der Waals surface area contributed by atoms with Gasteiger partial charge in [-0.2, -0.15) is 0 Å². The summed E-state index contributed by atoms with van der Waals surface area (Å²) in [7, 11) is 6.36. The van der Waals surface area contributed by atoms with Crippen LogP contribution in [0.3, 0.4) is 0 Å². The van der Waals surface area contributed by atoms with E-state index in [1.54, 1.807) is 62.6 Å². The number of nitrogens with zero attached hydrogens (tertiary/aromatic N) is 1. The largest absolute Gasteiger partial charge is 0.493 e. The highest BCUT2D eigenvalue weighted by Gasteiger charge is 2.14. The number of amides is 1. The zero-order chi connectivity index (χ0) is 21.4. The maximum absolute atomic E-state index is 12.5. The molecule has 0 aliphatic carbocycles. The second-order valence-corrected chi connectivity index (χ2v) is 6.37. The van der Waals surface area contributed by atoms with Crippen molar-refractivity contribution < 1.29 is 28.5 Å². The monoisotopic (exact) mass is 401 g/mol. The van der Waals surface area contributed by atoms with Crippen molar-refractivity contribution >= 4 is 17.4 Å². The molecule has 0 saturated heterocycles. The van der Waals surface area contributed by atoms with Gasteiger partial charge in [-0.25, -0.2) is 0 Å². The highest BCUT2D eigenvalue weighted by molar-refractivity contribution is 5.94. The molecule has 0 N–H and O–H groups in total. The Bertz CT molecular complexity index is 864. The summed E-state index contributed by atoms with van der Waals surface area (Å²) in [5.41, 5.74) is 1.27. The number of methoxy groups -OCH3 is 3. The minimum atomic E-state index is -0.0429. The van der Waals surface area contributed by atoms with Crippen LogP contribution in [0.2, 0.25) is 0 Å². The van der Waals surface area contributed by atoms with Gasteiger partial charge < -0.3 is 23.8 Å².